The van der Waals surface area contributed by atoms with Crippen molar-refractivity contribution < 1.29 is 9.47 Å². The Kier molecular flexibility index (Phi) is 6.76. The van der Waals surface area contributed by atoms with E-state index in [9.17, 15) is 0 Å². The van der Waals surface area contributed by atoms with Gasteiger partial charge in [-0.15, -0.1) is 0 Å². The maximum atomic E-state index is 6.47. The van der Waals surface area contributed by atoms with Gasteiger partial charge in [-0.3, -0.25) is 0 Å². The quantitative estimate of drug-likeness (QED) is 0.412. The normalized spacial score (nSPS) is 11.9. The van der Waals surface area contributed by atoms with E-state index in [-0.39, 0.29) is 6.10 Å². The molecule has 1 unspecified atom stereocenters. The van der Waals surface area contributed by atoms with Gasteiger partial charge in [-0.2, -0.15) is 0 Å². The summed E-state index contributed by atoms with van der Waals surface area (Å²) in [6.07, 6.45) is 3.37. The van der Waals surface area contributed by atoms with Crippen LogP contribution >= 0.6 is 0 Å². The summed E-state index contributed by atoms with van der Waals surface area (Å²) in [6.45, 7) is 6.53. The first-order valence-corrected chi connectivity index (χ1v) is 10.1. The van der Waals surface area contributed by atoms with E-state index in [0.29, 0.717) is 0 Å². The van der Waals surface area contributed by atoms with Gasteiger partial charge in [0, 0.05) is 0 Å². The predicted molar refractivity (Wildman–Crippen MR) is 117 cm³/mol. The SMILES string of the molecule is CCCCC(Oc1cccc(C)c1)c1cccc(-c2ccc(OC)cc2)c1C. The highest BCUT2D eigenvalue weighted by atomic mass is 16.5. The van der Waals surface area contributed by atoms with E-state index in [4.69, 9.17) is 9.47 Å². The molecule has 2 nitrogen and oxygen atoms in total. The maximum absolute atomic E-state index is 6.47. The zero-order valence-corrected chi connectivity index (χ0v) is 17.4. The van der Waals surface area contributed by atoms with Gasteiger partial charge in [-0.1, -0.05) is 55.8 Å². The molecule has 0 amide bonds. The van der Waals surface area contributed by atoms with Gasteiger partial charge in [0.25, 0.3) is 0 Å². The second-order valence-electron chi connectivity index (χ2n) is 7.31. The Morgan fingerprint density at radius 2 is 1.61 bits per heavy atom. The molecule has 28 heavy (non-hydrogen) atoms. The molecule has 0 radical (unpaired) electrons. The zero-order chi connectivity index (χ0) is 19.9. The van der Waals surface area contributed by atoms with Crippen LogP contribution in [0.3, 0.4) is 0 Å². The van der Waals surface area contributed by atoms with E-state index >= 15 is 0 Å². The van der Waals surface area contributed by atoms with E-state index in [1.54, 1.807) is 7.11 Å². The van der Waals surface area contributed by atoms with Crippen molar-refractivity contribution in [2.75, 3.05) is 7.11 Å². The second-order valence-corrected chi connectivity index (χ2v) is 7.31. The zero-order valence-electron chi connectivity index (χ0n) is 17.4. The number of hydrogen-bond donors (Lipinski definition) is 0. The van der Waals surface area contributed by atoms with Crippen LogP contribution < -0.4 is 9.47 Å². The molecule has 0 aliphatic heterocycles. The van der Waals surface area contributed by atoms with E-state index in [1.807, 2.05) is 12.1 Å². The second kappa shape index (κ2) is 9.45. The van der Waals surface area contributed by atoms with Crippen LogP contribution in [0.25, 0.3) is 11.1 Å². The third-order valence-corrected chi connectivity index (χ3v) is 5.21. The van der Waals surface area contributed by atoms with Crippen LogP contribution in [0, 0.1) is 13.8 Å². The number of hydrogen-bond acceptors (Lipinski definition) is 2. The maximum Gasteiger partial charge on any atom is 0.124 e. The molecule has 0 aliphatic carbocycles. The van der Waals surface area contributed by atoms with Crippen molar-refractivity contribution in [3.05, 3.63) is 83.4 Å². The molecule has 2 heteroatoms. The molecule has 0 aliphatic rings. The summed E-state index contributed by atoms with van der Waals surface area (Å²) < 4.78 is 11.8. The van der Waals surface area contributed by atoms with E-state index in [1.165, 1.54) is 27.8 Å². The summed E-state index contributed by atoms with van der Waals surface area (Å²) in [6, 6.07) is 23.1. The molecule has 0 spiro atoms. The molecule has 146 valence electrons. The lowest BCUT2D eigenvalue weighted by Crippen LogP contribution is -2.10. The van der Waals surface area contributed by atoms with Crippen LogP contribution in [0.5, 0.6) is 11.5 Å². The smallest absolute Gasteiger partial charge is 0.124 e. The lowest BCUT2D eigenvalue weighted by atomic mass is 9.92. The van der Waals surface area contributed by atoms with Crippen molar-refractivity contribution in [2.24, 2.45) is 0 Å². The van der Waals surface area contributed by atoms with Crippen molar-refractivity contribution in [3.63, 3.8) is 0 Å². The molecule has 0 saturated heterocycles. The lowest BCUT2D eigenvalue weighted by molar-refractivity contribution is 0.190. The largest absolute Gasteiger partial charge is 0.497 e. The van der Waals surface area contributed by atoms with Crippen molar-refractivity contribution in [1.29, 1.82) is 0 Å². The molecule has 3 aromatic rings. The number of rotatable bonds is 8. The number of methoxy groups -OCH3 is 1. The summed E-state index contributed by atoms with van der Waals surface area (Å²) in [5, 5.41) is 0. The highest BCUT2D eigenvalue weighted by Crippen LogP contribution is 2.34. The minimum Gasteiger partial charge on any atom is -0.497 e. The summed E-state index contributed by atoms with van der Waals surface area (Å²) in [5.41, 5.74) is 6.21. The molecule has 0 fully saturated rings. The number of aryl methyl sites for hydroxylation is 1. The fourth-order valence-electron chi connectivity index (χ4n) is 3.61. The lowest BCUT2D eigenvalue weighted by Gasteiger charge is -2.23. The van der Waals surface area contributed by atoms with Gasteiger partial charge in [0.1, 0.15) is 17.6 Å². The average molecular weight is 375 g/mol. The monoisotopic (exact) mass is 374 g/mol. The molecular formula is C26H30O2. The highest BCUT2D eigenvalue weighted by Gasteiger charge is 2.18. The minimum atomic E-state index is 0.0555. The van der Waals surface area contributed by atoms with Gasteiger partial charge in [0.05, 0.1) is 7.11 Å². The van der Waals surface area contributed by atoms with Crippen LogP contribution in [0.1, 0.15) is 49.0 Å². The summed E-state index contributed by atoms with van der Waals surface area (Å²) >= 11 is 0. The number of unbranched alkanes of at least 4 members (excludes halogenated alkanes) is 1. The first-order chi connectivity index (χ1) is 13.6. The molecule has 0 aromatic heterocycles. The van der Waals surface area contributed by atoms with E-state index < -0.39 is 0 Å². The number of benzene rings is 3. The molecule has 0 heterocycles. The Bertz CT molecular complexity index is 897. The first kappa shape index (κ1) is 20.0. The van der Waals surface area contributed by atoms with Crippen LogP contribution in [0.4, 0.5) is 0 Å². The summed E-state index contributed by atoms with van der Waals surface area (Å²) in [4.78, 5) is 0. The van der Waals surface area contributed by atoms with Gasteiger partial charge in [-0.25, -0.2) is 0 Å². The topological polar surface area (TPSA) is 18.5 Å². The Morgan fingerprint density at radius 3 is 2.29 bits per heavy atom. The third-order valence-electron chi connectivity index (χ3n) is 5.21. The van der Waals surface area contributed by atoms with Gasteiger partial charge in [0.15, 0.2) is 0 Å². The van der Waals surface area contributed by atoms with Crippen molar-refractivity contribution in [1.82, 2.24) is 0 Å². The predicted octanol–water partition coefficient (Wildman–Crippen LogP) is 7.29. The highest BCUT2D eigenvalue weighted by molar-refractivity contribution is 5.69. The molecular weight excluding hydrogens is 344 g/mol. The molecule has 0 saturated carbocycles. The molecule has 0 bridgehead atoms. The number of ether oxygens (including phenoxy) is 2. The first-order valence-electron chi connectivity index (χ1n) is 10.1. The summed E-state index contributed by atoms with van der Waals surface area (Å²) in [5.74, 6) is 1.82. The Labute approximate surface area is 169 Å². The molecule has 3 rings (SSSR count). The molecule has 0 N–H and O–H groups in total. The third kappa shape index (κ3) is 4.75. The van der Waals surface area contributed by atoms with Crippen LogP contribution in [0.15, 0.2) is 66.7 Å². The van der Waals surface area contributed by atoms with Crippen molar-refractivity contribution >= 4 is 0 Å². The van der Waals surface area contributed by atoms with Gasteiger partial charge in [0.2, 0.25) is 0 Å². The Balaban J connectivity index is 1.95. The molecule has 1 atom stereocenters. The van der Waals surface area contributed by atoms with Crippen molar-refractivity contribution in [2.45, 2.75) is 46.1 Å². The van der Waals surface area contributed by atoms with E-state index in [0.717, 1.165) is 30.8 Å². The minimum absolute atomic E-state index is 0.0555. The molecule has 3 aromatic carbocycles. The Hall–Kier alpha value is -2.74. The van der Waals surface area contributed by atoms with E-state index in [2.05, 4.69) is 75.4 Å². The van der Waals surface area contributed by atoms with Crippen LogP contribution in [-0.2, 0) is 0 Å². The summed E-state index contributed by atoms with van der Waals surface area (Å²) in [7, 11) is 1.70. The van der Waals surface area contributed by atoms with Gasteiger partial charge in [-0.05, 0) is 78.8 Å². The fraction of sp³-hybridized carbons (Fsp3) is 0.308. The average Bonchev–Trinajstić information content (AvgIpc) is 2.71. The van der Waals surface area contributed by atoms with Gasteiger partial charge >= 0.3 is 0 Å². The Morgan fingerprint density at radius 1 is 0.857 bits per heavy atom. The van der Waals surface area contributed by atoms with Crippen LogP contribution in [0.2, 0.25) is 0 Å². The fourth-order valence-corrected chi connectivity index (χ4v) is 3.61. The van der Waals surface area contributed by atoms with Gasteiger partial charge < -0.3 is 9.47 Å². The van der Waals surface area contributed by atoms with Crippen molar-refractivity contribution in [3.8, 4) is 22.6 Å². The standard InChI is InChI=1S/C26H30O2/c1-5-6-13-26(28-23-10-7-9-19(2)18-23)25-12-8-11-24(20(25)3)21-14-16-22(27-4)17-15-21/h7-12,14-18,26H,5-6,13H2,1-4H3. The van der Waals surface area contributed by atoms with Crippen LogP contribution in [-0.4, -0.2) is 7.11 Å².